The molecule has 28 heavy (non-hydrogen) atoms. The molecule has 146 valence electrons. The van der Waals surface area contributed by atoms with Crippen LogP contribution < -0.4 is 4.74 Å². The summed E-state index contributed by atoms with van der Waals surface area (Å²) >= 11 is 0. The average molecular weight is 389 g/mol. The minimum absolute atomic E-state index is 0.0878. The first-order valence-electron chi connectivity index (χ1n) is 8.91. The summed E-state index contributed by atoms with van der Waals surface area (Å²) in [6.45, 7) is 0. The summed E-state index contributed by atoms with van der Waals surface area (Å²) in [5.74, 6) is -1.56. The molecule has 0 saturated heterocycles. The van der Waals surface area contributed by atoms with Crippen molar-refractivity contribution in [1.29, 1.82) is 0 Å². The van der Waals surface area contributed by atoms with Crippen molar-refractivity contribution in [3.63, 3.8) is 0 Å². The quantitative estimate of drug-likeness (QED) is 0.689. The molecule has 4 rings (SSSR count). The van der Waals surface area contributed by atoms with Crippen LogP contribution >= 0.6 is 0 Å². The Kier molecular flexibility index (Phi) is 4.61. The van der Waals surface area contributed by atoms with E-state index in [-0.39, 0.29) is 29.4 Å². The van der Waals surface area contributed by atoms with Crippen molar-refractivity contribution in [2.75, 3.05) is 7.11 Å². The van der Waals surface area contributed by atoms with Crippen molar-refractivity contribution in [2.24, 2.45) is 10.9 Å². The number of hydrogen-bond acceptors (Lipinski definition) is 4. The van der Waals surface area contributed by atoms with Gasteiger partial charge in [0.2, 0.25) is 0 Å². The molecule has 1 aliphatic carbocycles. The van der Waals surface area contributed by atoms with Crippen LogP contribution in [0.3, 0.4) is 0 Å². The number of halogens is 3. The maximum Gasteiger partial charge on any atom is 0.268 e. The summed E-state index contributed by atoms with van der Waals surface area (Å²) in [7, 11) is 1.38. The van der Waals surface area contributed by atoms with Crippen LogP contribution in [0.1, 0.15) is 28.8 Å². The van der Waals surface area contributed by atoms with E-state index < -0.39 is 29.8 Å². The third kappa shape index (κ3) is 3.04. The van der Waals surface area contributed by atoms with Crippen molar-refractivity contribution >= 4 is 11.7 Å². The van der Waals surface area contributed by atoms with E-state index in [9.17, 15) is 18.0 Å². The number of hydrogen-bond donors (Lipinski definition) is 0. The zero-order valence-electron chi connectivity index (χ0n) is 15.1. The van der Waals surface area contributed by atoms with Crippen LogP contribution in [0.5, 0.6) is 5.75 Å². The smallest absolute Gasteiger partial charge is 0.268 e. The average Bonchev–Trinajstić information content (AvgIpc) is 3.48. The highest BCUT2D eigenvalue weighted by Gasteiger charge is 2.64. The topological polar surface area (TPSA) is 47.9 Å². The Bertz CT molecular complexity index is 932. The van der Waals surface area contributed by atoms with Crippen molar-refractivity contribution in [3.8, 4) is 5.75 Å². The van der Waals surface area contributed by atoms with Crippen molar-refractivity contribution < 1.29 is 27.4 Å². The monoisotopic (exact) mass is 389 g/mol. The summed E-state index contributed by atoms with van der Waals surface area (Å²) in [5, 5.41) is 0. The molecule has 1 heterocycles. The van der Waals surface area contributed by atoms with Gasteiger partial charge in [0.1, 0.15) is 17.7 Å². The number of fused-ring (bicyclic) bond motifs is 1. The summed E-state index contributed by atoms with van der Waals surface area (Å²) in [6.07, 6.45) is -3.40. The Morgan fingerprint density at radius 3 is 2.71 bits per heavy atom. The molecule has 0 bridgehead atoms. The highest BCUT2D eigenvalue weighted by atomic mass is 19.3. The molecule has 1 aliphatic heterocycles. The molecule has 4 nitrogen and oxygen atoms in total. The van der Waals surface area contributed by atoms with Gasteiger partial charge in [0.25, 0.3) is 6.43 Å². The lowest BCUT2D eigenvalue weighted by Crippen LogP contribution is -2.42. The molecule has 0 radical (unpaired) electrons. The molecule has 2 aromatic rings. The van der Waals surface area contributed by atoms with Gasteiger partial charge in [0, 0.05) is 17.0 Å². The molecule has 2 aromatic carbocycles. The largest absolute Gasteiger partial charge is 0.497 e. The van der Waals surface area contributed by atoms with Crippen LogP contribution in [0.15, 0.2) is 53.5 Å². The normalized spacial score (nSPS) is 25.5. The number of rotatable bonds is 6. The van der Waals surface area contributed by atoms with E-state index in [1.54, 1.807) is 30.3 Å². The molecule has 3 atom stereocenters. The molecule has 0 unspecified atom stereocenters. The first kappa shape index (κ1) is 18.5. The van der Waals surface area contributed by atoms with E-state index in [4.69, 9.17) is 9.47 Å². The van der Waals surface area contributed by atoms with Gasteiger partial charge in [-0.2, -0.15) is 0 Å². The molecule has 0 amide bonds. The van der Waals surface area contributed by atoms with E-state index in [0.29, 0.717) is 12.0 Å². The van der Waals surface area contributed by atoms with Gasteiger partial charge in [-0.3, -0.25) is 4.79 Å². The number of aliphatic imine (C=N–C) groups is 1. The standard InChI is InChI=1S/C21H18F3NO3/c1-27-13-7-8-16(22)14(9-13)21(20(23)24)15-10-18(15)28-19(25-21)11-17(26)12-5-3-2-4-6-12/h2-9,15,18,20H,10-11H2,1H3/t15-,18+,21+/m0/s1. The number of benzene rings is 2. The Labute approximate surface area is 160 Å². The van der Waals surface area contributed by atoms with Gasteiger partial charge >= 0.3 is 0 Å². The van der Waals surface area contributed by atoms with E-state index in [2.05, 4.69) is 4.99 Å². The predicted molar refractivity (Wildman–Crippen MR) is 96.4 cm³/mol. The number of ketones is 1. The van der Waals surface area contributed by atoms with Gasteiger partial charge in [0.15, 0.2) is 17.2 Å². The van der Waals surface area contributed by atoms with E-state index >= 15 is 0 Å². The number of methoxy groups -OCH3 is 1. The lowest BCUT2D eigenvalue weighted by atomic mass is 9.84. The molecular formula is C21H18F3NO3. The fourth-order valence-corrected chi connectivity index (χ4v) is 3.73. The number of Topliss-reactive ketones (excluding diaryl/α,β-unsaturated/α-hetero) is 1. The molecular weight excluding hydrogens is 371 g/mol. The van der Waals surface area contributed by atoms with Crippen LogP contribution in [0.2, 0.25) is 0 Å². The van der Waals surface area contributed by atoms with Crippen LogP contribution in [-0.2, 0) is 10.3 Å². The molecule has 2 aliphatic rings. The highest BCUT2D eigenvalue weighted by Crippen LogP contribution is 2.57. The first-order valence-corrected chi connectivity index (χ1v) is 8.91. The number of carbonyl (C=O) groups excluding carboxylic acids is 1. The van der Waals surface area contributed by atoms with Crippen molar-refractivity contribution in [2.45, 2.75) is 30.9 Å². The lowest BCUT2D eigenvalue weighted by molar-refractivity contribution is 0.0172. The Hall–Kier alpha value is -2.83. The first-order chi connectivity index (χ1) is 13.5. The van der Waals surface area contributed by atoms with Gasteiger partial charge in [-0.15, -0.1) is 0 Å². The Balaban J connectivity index is 1.75. The van der Waals surface area contributed by atoms with Gasteiger partial charge in [-0.1, -0.05) is 30.3 Å². The summed E-state index contributed by atoms with van der Waals surface area (Å²) in [4.78, 5) is 16.6. The van der Waals surface area contributed by atoms with Crippen LogP contribution in [0.25, 0.3) is 0 Å². The molecule has 1 saturated carbocycles. The minimum atomic E-state index is -2.96. The third-order valence-corrected chi connectivity index (χ3v) is 5.24. The Morgan fingerprint density at radius 2 is 2.04 bits per heavy atom. The number of nitrogens with zero attached hydrogens (tertiary/aromatic N) is 1. The zero-order valence-corrected chi connectivity index (χ0v) is 15.1. The molecule has 0 spiro atoms. The fraction of sp³-hybridized carbons (Fsp3) is 0.333. The van der Waals surface area contributed by atoms with E-state index in [0.717, 1.165) is 6.07 Å². The number of ether oxygens (including phenoxy) is 2. The van der Waals surface area contributed by atoms with Gasteiger partial charge in [-0.05, 0) is 24.6 Å². The van der Waals surface area contributed by atoms with Crippen molar-refractivity contribution in [1.82, 2.24) is 0 Å². The molecule has 1 fully saturated rings. The van der Waals surface area contributed by atoms with E-state index in [1.807, 2.05) is 0 Å². The van der Waals surface area contributed by atoms with Crippen LogP contribution in [0, 0.1) is 11.7 Å². The Morgan fingerprint density at radius 1 is 1.29 bits per heavy atom. The lowest BCUT2D eigenvalue weighted by Gasteiger charge is -2.34. The molecule has 7 heteroatoms. The van der Waals surface area contributed by atoms with Crippen LogP contribution in [-0.4, -0.2) is 31.3 Å². The highest BCUT2D eigenvalue weighted by molar-refractivity contribution is 6.07. The maximum absolute atomic E-state index is 14.6. The maximum atomic E-state index is 14.6. The second kappa shape index (κ2) is 6.96. The van der Waals surface area contributed by atoms with Gasteiger partial charge < -0.3 is 9.47 Å². The summed E-state index contributed by atoms with van der Waals surface area (Å²) < 4.78 is 53.9. The minimum Gasteiger partial charge on any atom is -0.497 e. The van der Waals surface area contributed by atoms with Crippen LogP contribution in [0.4, 0.5) is 13.2 Å². The number of carbonyl (C=O) groups is 1. The van der Waals surface area contributed by atoms with E-state index in [1.165, 1.54) is 19.2 Å². The fourth-order valence-electron chi connectivity index (χ4n) is 3.73. The molecule has 0 N–H and O–H groups in total. The second-order valence-electron chi connectivity index (χ2n) is 6.94. The third-order valence-electron chi connectivity index (χ3n) is 5.24. The SMILES string of the molecule is COc1ccc(F)c([C@@]2(C(F)F)N=C(CC(=O)c3ccccc3)O[C@@H]3C[C@@H]32)c1. The van der Waals surface area contributed by atoms with Crippen molar-refractivity contribution in [3.05, 3.63) is 65.5 Å². The second-order valence-corrected chi connectivity index (χ2v) is 6.94. The molecule has 0 aromatic heterocycles. The summed E-state index contributed by atoms with van der Waals surface area (Å²) in [6, 6.07) is 12.2. The van der Waals surface area contributed by atoms with Gasteiger partial charge in [0.05, 0.1) is 13.5 Å². The number of alkyl halides is 2. The zero-order chi connectivity index (χ0) is 19.9. The predicted octanol–water partition coefficient (Wildman–Crippen LogP) is 4.38. The summed E-state index contributed by atoms with van der Waals surface area (Å²) in [5.41, 5.74) is -1.89. The van der Waals surface area contributed by atoms with Gasteiger partial charge in [-0.25, -0.2) is 18.2 Å².